The molecule has 0 bridgehead atoms. The molecule has 6 nitrogen and oxygen atoms in total. The van der Waals surface area contributed by atoms with Crippen LogP contribution in [0.2, 0.25) is 0 Å². The molecule has 0 aliphatic carbocycles. The zero-order valence-corrected chi connectivity index (χ0v) is 15.5. The fourth-order valence-corrected chi connectivity index (χ4v) is 3.37. The van der Waals surface area contributed by atoms with E-state index in [0.29, 0.717) is 13.1 Å². The number of amides is 2. The predicted molar refractivity (Wildman–Crippen MR) is 97.3 cm³/mol. The van der Waals surface area contributed by atoms with Crippen molar-refractivity contribution in [1.82, 2.24) is 15.6 Å². The zero-order chi connectivity index (χ0) is 17.9. The second-order valence-electron chi connectivity index (χ2n) is 6.92. The monoisotopic (exact) mass is 361 g/mol. The molecule has 0 saturated carbocycles. The third kappa shape index (κ3) is 4.63. The Hall–Kier alpha value is -2.28. The molecule has 2 N–H and O–H groups in total. The van der Waals surface area contributed by atoms with Crippen LogP contribution in [0.1, 0.15) is 37.0 Å². The molecular formula is C18H23N3O3S. The lowest BCUT2D eigenvalue weighted by molar-refractivity contribution is 0.174. The molecule has 25 heavy (non-hydrogen) atoms. The number of carbonyl (C=O) groups excluding carboxylic acids is 1. The first-order chi connectivity index (χ1) is 11.9. The average molecular weight is 361 g/mol. The maximum atomic E-state index is 11.9. The van der Waals surface area contributed by atoms with Gasteiger partial charge in [-0.15, -0.1) is 11.3 Å². The third-order valence-corrected chi connectivity index (χ3v) is 4.74. The number of aromatic nitrogens is 1. The van der Waals surface area contributed by atoms with Crippen LogP contribution in [0.5, 0.6) is 11.5 Å². The summed E-state index contributed by atoms with van der Waals surface area (Å²) in [6.07, 6.45) is 0.734. The van der Waals surface area contributed by atoms with E-state index in [2.05, 4.69) is 41.8 Å². The summed E-state index contributed by atoms with van der Waals surface area (Å²) in [5.41, 5.74) is 2.12. The molecule has 2 aromatic rings. The summed E-state index contributed by atoms with van der Waals surface area (Å²) >= 11 is 1.64. The average Bonchev–Trinajstić information content (AvgIpc) is 3.21. The van der Waals surface area contributed by atoms with E-state index in [1.165, 1.54) is 0 Å². The first kappa shape index (κ1) is 17.5. The number of fused-ring (bicyclic) bond motifs is 1. The van der Waals surface area contributed by atoms with E-state index in [-0.39, 0.29) is 18.2 Å². The van der Waals surface area contributed by atoms with Crippen molar-refractivity contribution in [2.45, 2.75) is 39.2 Å². The molecule has 3 rings (SSSR count). The molecule has 0 unspecified atom stereocenters. The molecule has 2 amide bonds. The molecular weight excluding hydrogens is 338 g/mol. The van der Waals surface area contributed by atoms with Crippen molar-refractivity contribution in [1.29, 1.82) is 0 Å². The molecule has 0 radical (unpaired) electrons. The summed E-state index contributed by atoms with van der Waals surface area (Å²) in [6, 6.07) is 5.46. The predicted octanol–water partition coefficient (Wildman–Crippen LogP) is 3.21. The smallest absolute Gasteiger partial charge is 0.315 e. The molecule has 1 aliphatic heterocycles. The van der Waals surface area contributed by atoms with Gasteiger partial charge in [0.1, 0.15) is 0 Å². The van der Waals surface area contributed by atoms with Gasteiger partial charge in [-0.05, 0) is 17.7 Å². The Bertz CT molecular complexity index is 752. The van der Waals surface area contributed by atoms with E-state index in [1.807, 2.05) is 18.2 Å². The highest BCUT2D eigenvalue weighted by Gasteiger charge is 2.17. The first-order valence-electron chi connectivity index (χ1n) is 8.27. The number of urea groups is 1. The number of thiazole rings is 1. The number of carbonyl (C=O) groups is 1. The van der Waals surface area contributed by atoms with Gasteiger partial charge >= 0.3 is 6.03 Å². The second-order valence-corrected chi connectivity index (χ2v) is 7.87. The maximum Gasteiger partial charge on any atom is 0.315 e. The summed E-state index contributed by atoms with van der Waals surface area (Å²) in [4.78, 5) is 16.5. The number of rotatable bonds is 5. The van der Waals surface area contributed by atoms with Crippen LogP contribution >= 0.6 is 11.3 Å². The molecule has 1 aromatic carbocycles. The molecule has 0 spiro atoms. The minimum absolute atomic E-state index is 0.0597. The number of benzene rings is 1. The highest BCUT2D eigenvalue weighted by molar-refractivity contribution is 7.09. The van der Waals surface area contributed by atoms with Crippen LogP contribution in [0, 0.1) is 0 Å². The van der Waals surface area contributed by atoms with Gasteiger partial charge in [-0.25, -0.2) is 9.78 Å². The van der Waals surface area contributed by atoms with Gasteiger partial charge in [-0.2, -0.15) is 0 Å². The van der Waals surface area contributed by atoms with Crippen LogP contribution in [0.3, 0.4) is 0 Å². The molecule has 1 aromatic heterocycles. The van der Waals surface area contributed by atoms with E-state index in [4.69, 9.17) is 9.47 Å². The van der Waals surface area contributed by atoms with Crippen LogP contribution in [-0.2, 0) is 18.4 Å². The topological polar surface area (TPSA) is 72.5 Å². The van der Waals surface area contributed by atoms with Crippen LogP contribution in [-0.4, -0.2) is 24.4 Å². The molecule has 0 saturated heterocycles. The number of nitrogens with one attached hydrogen (secondary N) is 2. The molecule has 0 fully saturated rings. The number of ether oxygens (including phenoxy) is 2. The van der Waals surface area contributed by atoms with E-state index in [1.54, 1.807) is 11.3 Å². The largest absolute Gasteiger partial charge is 0.454 e. The van der Waals surface area contributed by atoms with Crippen LogP contribution in [0.25, 0.3) is 0 Å². The highest BCUT2D eigenvalue weighted by Crippen LogP contribution is 2.32. The molecule has 1 aliphatic rings. The Morgan fingerprint density at radius 2 is 2.04 bits per heavy atom. The quantitative estimate of drug-likeness (QED) is 0.858. The third-order valence-electron chi connectivity index (χ3n) is 3.83. The van der Waals surface area contributed by atoms with Crippen molar-refractivity contribution in [2.75, 3.05) is 13.3 Å². The van der Waals surface area contributed by atoms with Gasteiger partial charge in [0.25, 0.3) is 0 Å². The summed E-state index contributed by atoms with van der Waals surface area (Å²) < 4.78 is 10.6. The Morgan fingerprint density at radius 1 is 1.24 bits per heavy atom. The van der Waals surface area contributed by atoms with Gasteiger partial charge in [0.05, 0.1) is 10.7 Å². The Balaban J connectivity index is 1.40. The van der Waals surface area contributed by atoms with E-state index in [9.17, 15) is 4.79 Å². The van der Waals surface area contributed by atoms with Gasteiger partial charge in [-0.3, -0.25) is 0 Å². The van der Waals surface area contributed by atoms with Gasteiger partial charge in [0.15, 0.2) is 11.5 Å². The summed E-state index contributed by atoms with van der Waals surface area (Å²) in [7, 11) is 0. The molecule has 0 atom stereocenters. The Morgan fingerprint density at radius 3 is 2.80 bits per heavy atom. The molecule has 134 valence electrons. The second kappa shape index (κ2) is 7.31. The summed E-state index contributed by atoms with van der Waals surface area (Å²) in [6.45, 7) is 7.69. The van der Waals surface area contributed by atoms with E-state index >= 15 is 0 Å². The SMILES string of the molecule is CC(C)(C)c1csc(CCNC(=O)NCc2ccc3c(c2)OCO3)n1. The van der Waals surface area contributed by atoms with Crippen LogP contribution < -0.4 is 20.1 Å². The fourth-order valence-electron chi connectivity index (χ4n) is 2.35. The maximum absolute atomic E-state index is 11.9. The van der Waals surface area contributed by atoms with Crippen molar-refractivity contribution < 1.29 is 14.3 Å². The fraction of sp³-hybridized carbons (Fsp3) is 0.444. The number of hydrogen-bond donors (Lipinski definition) is 2. The van der Waals surface area contributed by atoms with Crippen molar-refractivity contribution in [3.05, 3.63) is 39.8 Å². The zero-order valence-electron chi connectivity index (χ0n) is 14.7. The van der Waals surface area contributed by atoms with E-state index in [0.717, 1.165) is 34.2 Å². The van der Waals surface area contributed by atoms with Gasteiger partial charge in [0.2, 0.25) is 6.79 Å². The summed E-state index contributed by atoms with van der Waals surface area (Å²) in [5.74, 6) is 1.46. The molecule has 2 heterocycles. The van der Waals surface area contributed by atoms with Crippen LogP contribution in [0.15, 0.2) is 23.6 Å². The van der Waals surface area contributed by atoms with Crippen molar-refractivity contribution in [3.8, 4) is 11.5 Å². The summed E-state index contributed by atoms with van der Waals surface area (Å²) in [5, 5.41) is 8.84. The number of hydrogen-bond acceptors (Lipinski definition) is 5. The normalized spacial score (nSPS) is 12.9. The molecule has 7 heteroatoms. The first-order valence-corrected chi connectivity index (χ1v) is 9.15. The van der Waals surface area contributed by atoms with Crippen molar-refractivity contribution in [2.24, 2.45) is 0 Å². The lowest BCUT2D eigenvalue weighted by Crippen LogP contribution is -2.36. The Kier molecular flexibility index (Phi) is 5.13. The lowest BCUT2D eigenvalue weighted by atomic mass is 9.93. The van der Waals surface area contributed by atoms with Gasteiger partial charge in [-0.1, -0.05) is 26.8 Å². The van der Waals surface area contributed by atoms with Crippen molar-refractivity contribution >= 4 is 17.4 Å². The van der Waals surface area contributed by atoms with Gasteiger partial charge < -0.3 is 20.1 Å². The standard InChI is InChI=1S/C18H23N3O3S/c1-18(2,3)15-10-25-16(21-15)6-7-19-17(22)20-9-12-4-5-13-14(8-12)24-11-23-13/h4-5,8,10H,6-7,9,11H2,1-3H3,(H2,19,20,22). The highest BCUT2D eigenvalue weighted by atomic mass is 32.1. The van der Waals surface area contributed by atoms with Crippen LogP contribution in [0.4, 0.5) is 4.79 Å². The van der Waals surface area contributed by atoms with Gasteiger partial charge in [0, 0.05) is 30.3 Å². The Labute approximate surface area is 151 Å². The minimum atomic E-state index is -0.190. The lowest BCUT2D eigenvalue weighted by Gasteiger charge is -2.14. The number of nitrogens with zero attached hydrogens (tertiary/aromatic N) is 1. The van der Waals surface area contributed by atoms with Crippen molar-refractivity contribution in [3.63, 3.8) is 0 Å². The van der Waals surface area contributed by atoms with E-state index < -0.39 is 0 Å². The minimum Gasteiger partial charge on any atom is -0.454 e.